The molecule has 0 radical (unpaired) electrons. The Morgan fingerprint density at radius 1 is 1.30 bits per heavy atom. The minimum absolute atomic E-state index is 0.283. The van der Waals surface area contributed by atoms with Crippen molar-refractivity contribution in [2.24, 2.45) is 4.99 Å². The number of thioether (sulfide) groups is 1. The zero-order valence-corrected chi connectivity index (χ0v) is 16.9. The molecule has 1 saturated heterocycles. The number of aromatic hydroxyl groups is 1. The summed E-state index contributed by atoms with van der Waals surface area (Å²) in [5.74, 6) is -1.18. The average molecular weight is 427 g/mol. The molecular weight excluding hydrogens is 410 g/mol. The van der Waals surface area contributed by atoms with Crippen LogP contribution < -0.4 is 0 Å². The van der Waals surface area contributed by atoms with Crippen molar-refractivity contribution >= 4 is 46.3 Å². The Balaban J connectivity index is 1.84. The number of aliphatic imine (C=N–C) groups is 1. The smallest absolute Gasteiger partial charge is 0.338 e. The molecule has 3 rings (SSSR count). The van der Waals surface area contributed by atoms with E-state index in [2.05, 4.69) is 4.99 Å². The number of ether oxygens (including phenoxy) is 1. The third kappa shape index (κ3) is 4.49. The maximum Gasteiger partial charge on any atom is 0.338 e. The highest BCUT2D eigenvalue weighted by Gasteiger charge is 2.30. The second-order valence-electron chi connectivity index (χ2n) is 6.14. The number of amides is 1. The van der Waals surface area contributed by atoms with Crippen LogP contribution >= 0.6 is 11.8 Å². The van der Waals surface area contributed by atoms with Gasteiger partial charge in [0.1, 0.15) is 0 Å². The van der Waals surface area contributed by atoms with Gasteiger partial charge in [0.25, 0.3) is 5.91 Å². The van der Waals surface area contributed by atoms with Gasteiger partial charge in [-0.05, 0) is 60.7 Å². The van der Waals surface area contributed by atoms with Crippen LogP contribution in [0.3, 0.4) is 0 Å². The van der Waals surface area contributed by atoms with Gasteiger partial charge in [0.15, 0.2) is 10.9 Å². The monoisotopic (exact) mass is 427 g/mol. The standard InChI is InChI=1S/C20H17N3O6S/c1-3-29-19(26)13-5-7-14(8-6-13)21-20-22(2)18(25)17(30-20)11-12-4-9-16(24)15(10-12)23(27)28/h4-11,24H,3H2,1-2H3. The molecule has 10 heteroatoms. The van der Waals surface area contributed by atoms with Crippen LogP contribution in [0.1, 0.15) is 22.8 Å². The molecule has 0 aromatic heterocycles. The molecule has 1 heterocycles. The number of esters is 1. The van der Waals surface area contributed by atoms with Crippen LogP contribution in [0.4, 0.5) is 11.4 Å². The summed E-state index contributed by atoms with van der Waals surface area (Å²) in [5.41, 5.74) is 0.915. The van der Waals surface area contributed by atoms with Crippen LogP contribution in [-0.2, 0) is 9.53 Å². The first-order valence-electron chi connectivity index (χ1n) is 8.81. The molecule has 0 spiro atoms. The average Bonchev–Trinajstić information content (AvgIpc) is 2.97. The summed E-state index contributed by atoms with van der Waals surface area (Å²) < 4.78 is 4.94. The number of nitro benzene ring substituents is 1. The number of amidine groups is 1. The highest BCUT2D eigenvalue weighted by molar-refractivity contribution is 8.18. The van der Waals surface area contributed by atoms with E-state index in [0.29, 0.717) is 26.9 Å². The molecule has 2 aromatic rings. The molecular formula is C20H17N3O6S. The van der Waals surface area contributed by atoms with Gasteiger partial charge < -0.3 is 9.84 Å². The van der Waals surface area contributed by atoms with Crippen LogP contribution in [-0.4, -0.2) is 45.6 Å². The SMILES string of the molecule is CCOC(=O)c1ccc(N=C2SC(=Cc3ccc(O)c([N+](=O)[O-])c3)C(=O)N2C)cc1. The van der Waals surface area contributed by atoms with Gasteiger partial charge in [0.05, 0.1) is 27.7 Å². The molecule has 2 aromatic carbocycles. The molecule has 0 aliphatic carbocycles. The van der Waals surface area contributed by atoms with Crippen LogP contribution in [0, 0.1) is 10.1 Å². The fraction of sp³-hybridized carbons (Fsp3) is 0.150. The Morgan fingerprint density at radius 2 is 2.00 bits per heavy atom. The first kappa shape index (κ1) is 21.1. The summed E-state index contributed by atoms with van der Waals surface area (Å²) >= 11 is 1.12. The topological polar surface area (TPSA) is 122 Å². The fourth-order valence-corrected chi connectivity index (χ4v) is 3.56. The largest absolute Gasteiger partial charge is 0.502 e. The number of likely N-dealkylation sites (N-methyl/N-ethyl adjacent to an activating group) is 1. The summed E-state index contributed by atoms with van der Waals surface area (Å²) in [7, 11) is 1.57. The second kappa shape index (κ2) is 8.78. The van der Waals surface area contributed by atoms with Crippen molar-refractivity contribution in [3.63, 3.8) is 0 Å². The Labute approximate surface area is 175 Å². The molecule has 30 heavy (non-hydrogen) atoms. The van der Waals surface area contributed by atoms with Gasteiger partial charge in [-0.15, -0.1) is 0 Å². The number of phenols is 1. The van der Waals surface area contributed by atoms with Crippen LogP contribution in [0.2, 0.25) is 0 Å². The van der Waals surface area contributed by atoms with Crippen molar-refractivity contribution in [2.45, 2.75) is 6.92 Å². The molecule has 1 aliphatic rings. The van der Waals surface area contributed by atoms with E-state index in [-0.39, 0.29) is 12.5 Å². The van der Waals surface area contributed by atoms with E-state index in [1.165, 1.54) is 29.2 Å². The van der Waals surface area contributed by atoms with Crippen molar-refractivity contribution in [1.82, 2.24) is 4.90 Å². The lowest BCUT2D eigenvalue weighted by atomic mass is 10.1. The summed E-state index contributed by atoms with van der Waals surface area (Å²) in [5, 5.41) is 21.0. The predicted molar refractivity (Wildman–Crippen MR) is 113 cm³/mol. The number of nitrogens with zero attached hydrogens (tertiary/aromatic N) is 3. The van der Waals surface area contributed by atoms with Gasteiger partial charge in [-0.3, -0.25) is 19.8 Å². The molecule has 9 nitrogen and oxygen atoms in total. The van der Waals surface area contributed by atoms with E-state index < -0.39 is 22.3 Å². The number of hydrogen-bond donors (Lipinski definition) is 1. The van der Waals surface area contributed by atoms with Gasteiger partial charge in [0.2, 0.25) is 0 Å². The number of phenolic OH excluding ortho intramolecular Hbond substituents is 1. The van der Waals surface area contributed by atoms with Crippen molar-refractivity contribution in [3.8, 4) is 5.75 Å². The highest BCUT2D eigenvalue weighted by atomic mass is 32.2. The van der Waals surface area contributed by atoms with Gasteiger partial charge in [-0.2, -0.15) is 0 Å². The molecule has 1 fully saturated rings. The number of carbonyl (C=O) groups excluding carboxylic acids is 2. The van der Waals surface area contributed by atoms with Gasteiger partial charge >= 0.3 is 11.7 Å². The number of benzene rings is 2. The van der Waals surface area contributed by atoms with Crippen molar-refractivity contribution in [3.05, 3.63) is 68.6 Å². The number of nitro groups is 1. The number of rotatable bonds is 5. The van der Waals surface area contributed by atoms with Crippen LogP contribution in [0.25, 0.3) is 6.08 Å². The van der Waals surface area contributed by atoms with Gasteiger partial charge in [0, 0.05) is 13.1 Å². The third-order valence-electron chi connectivity index (χ3n) is 4.10. The molecule has 1 amide bonds. The molecule has 0 unspecified atom stereocenters. The lowest BCUT2D eigenvalue weighted by molar-refractivity contribution is -0.385. The Kier molecular flexibility index (Phi) is 6.17. The van der Waals surface area contributed by atoms with E-state index in [4.69, 9.17) is 4.74 Å². The summed E-state index contributed by atoms with van der Waals surface area (Å²) in [6.07, 6.45) is 1.50. The summed E-state index contributed by atoms with van der Waals surface area (Å²) in [6.45, 7) is 2.01. The first-order chi connectivity index (χ1) is 14.3. The van der Waals surface area contributed by atoms with Crippen molar-refractivity contribution < 1.29 is 24.4 Å². The molecule has 0 saturated carbocycles. The molecule has 154 valence electrons. The summed E-state index contributed by atoms with van der Waals surface area (Å²) in [6, 6.07) is 10.3. The molecule has 1 aliphatic heterocycles. The Morgan fingerprint density at radius 3 is 2.63 bits per heavy atom. The zero-order valence-electron chi connectivity index (χ0n) is 16.1. The van der Waals surface area contributed by atoms with Crippen molar-refractivity contribution in [2.75, 3.05) is 13.7 Å². The first-order valence-corrected chi connectivity index (χ1v) is 9.62. The maximum atomic E-state index is 12.5. The normalized spacial score (nSPS) is 16.3. The molecule has 0 bridgehead atoms. The fourth-order valence-electron chi connectivity index (χ4n) is 2.58. The van der Waals surface area contributed by atoms with E-state index in [1.807, 2.05) is 0 Å². The summed E-state index contributed by atoms with van der Waals surface area (Å²) in [4.78, 5) is 40.7. The number of hydrogen-bond acceptors (Lipinski definition) is 8. The molecule has 0 atom stereocenters. The third-order valence-corrected chi connectivity index (χ3v) is 5.16. The lowest BCUT2D eigenvalue weighted by Gasteiger charge is -2.07. The van der Waals surface area contributed by atoms with E-state index in [1.54, 1.807) is 38.2 Å². The number of carbonyl (C=O) groups is 2. The van der Waals surface area contributed by atoms with E-state index in [9.17, 15) is 24.8 Å². The minimum atomic E-state index is -0.695. The Bertz CT molecular complexity index is 1080. The zero-order chi connectivity index (χ0) is 21.8. The maximum absolute atomic E-state index is 12.5. The van der Waals surface area contributed by atoms with E-state index >= 15 is 0 Å². The highest BCUT2D eigenvalue weighted by Crippen LogP contribution is 2.34. The van der Waals surface area contributed by atoms with Crippen LogP contribution in [0.15, 0.2) is 52.4 Å². The van der Waals surface area contributed by atoms with E-state index in [0.717, 1.165) is 11.8 Å². The molecule has 1 N–H and O–H groups in total. The lowest BCUT2D eigenvalue weighted by Crippen LogP contribution is -2.23. The van der Waals surface area contributed by atoms with Crippen LogP contribution in [0.5, 0.6) is 5.75 Å². The Hall–Kier alpha value is -3.66. The quantitative estimate of drug-likeness (QED) is 0.334. The van der Waals surface area contributed by atoms with Gasteiger partial charge in [-0.25, -0.2) is 9.79 Å². The second-order valence-corrected chi connectivity index (χ2v) is 7.15. The predicted octanol–water partition coefficient (Wildman–Crippen LogP) is 3.71. The minimum Gasteiger partial charge on any atom is -0.502 e. The van der Waals surface area contributed by atoms with Gasteiger partial charge in [-0.1, -0.05) is 6.07 Å². The van der Waals surface area contributed by atoms with Crippen molar-refractivity contribution in [1.29, 1.82) is 0 Å².